The van der Waals surface area contributed by atoms with Crippen molar-refractivity contribution in [1.29, 1.82) is 5.26 Å². The van der Waals surface area contributed by atoms with Crippen molar-refractivity contribution in [3.05, 3.63) is 29.5 Å². The number of alkyl halides is 2. The molecule has 3 aromatic rings. The van der Waals surface area contributed by atoms with E-state index in [1.165, 1.54) is 23.0 Å². The van der Waals surface area contributed by atoms with Crippen molar-refractivity contribution in [2.24, 2.45) is 7.05 Å². The van der Waals surface area contributed by atoms with E-state index >= 15 is 0 Å². The summed E-state index contributed by atoms with van der Waals surface area (Å²) in [5.74, 6) is -0.322. The van der Waals surface area contributed by atoms with Crippen LogP contribution in [0.5, 0.6) is 5.75 Å². The Morgan fingerprint density at radius 1 is 1.39 bits per heavy atom. The Bertz CT molecular complexity index is 1150. The van der Waals surface area contributed by atoms with Gasteiger partial charge in [0.15, 0.2) is 16.8 Å². The van der Waals surface area contributed by atoms with E-state index in [1.54, 1.807) is 7.05 Å². The minimum atomic E-state index is -3.03. The number of amides is 1. The molecule has 2 aromatic heterocycles. The van der Waals surface area contributed by atoms with Gasteiger partial charge in [0.25, 0.3) is 6.01 Å². The van der Waals surface area contributed by atoms with Crippen LogP contribution in [-0.4, -0.2) is 53.6 Å². The predicted molar refractivity (Wildman–Crippen MR) is 104 cm³/mol. The van der Waals surface area contributed by atoms with Crippen molar-refractivity contribution in [1.82, 2.24) is 14.8 Å². The first-order valence-electron chi connectivity index (χ1n) is 9.38. The number of rotatable bonds is 6. The summed E-state index contributed by atoms with van der Waals surface area (Å²) in [7, 11) is 1.59. The number of halogens is 2. The van der Waals surface area contributed by atoms with E-state index in [1.807, 2.05) is 11.0 Å². The predicted octanol–water partition coefficient (Wildman–Crippen LogP) is 2.05. The number of hydrogen-bond donors (Lipinski definition) is 1. The maximum atomic E-state index is 12.8. The van der Waals surface area contributed by atoms with Gasteiger partial charge in [0.1, 0.15) is 17.5 Å². The molecule has 162 valence electrons. The topological polar surface area (TPSA) is 118 Å². The average Bonchev–Trinajstić information content (AvgIpc) is 3.35. The molecule has 1 aliphatic rings. The highest BCUT2D eigenvalue weighted by Gasteiger charge is 2.23. The van der Waals surface area contributed by atoms with Gasteiger partial charge in [-0.15, -0.1) is 0 Å². The molecule has 0 radical (unpaired) electrons. The smallest absolute Gasteiger partial charge is 0.387 e. The summed E-state index contributed by atoms with van der Waals surface area (Å²) in [6, 6.07) is 4.99. The molecule has 10 nitrogen and oxygen atoms in total. The van der Waals surface area contributed by atoms with Crippen molar-refractivity contribution in [3.8, 4) is 11.8 Å². The van der Waals surface area contributed by atoms with E-state index in [2.05, 4.69) is 20.1 Å². The van der Waals surface area contributed by atoms with Crippen LogP contribution in [0.25, 0.3) is 11.1 Å². The Labute approximate surface area is 174 Å². The van der Waals surface area contributed by atoms with Crippen LogP contribution in [0.3, 0.4) is 0 Å². The molecule has 4 rings (SSSR count). The molecule has 1 fully saturated rings. The highest BCUT2D eigenvalue weighted by atomic mass is 19.3. The number of oxazole rings is 1. The minimum absolute atomic E-state index is 0.102. The second-order valence-corrected chi connectivity index (χ2v) is 6.74. The number of hydrogen-bond acceptors (Lipinski definition) is 8. The summed E-state index contributed by atoms with van der Waals surface area (Å²) in [5.41, 5.74) is 0.934. The molecular formula is C19H18F2N6O4. The van der Waals surface area contributed by atoms with Gasteiger partial charge in [0.05, 0.1) is 25.8 Å². The highest BCUT2D eigenvalue weighted by molar-refractivity contribution is 5.95. The molecule has 1 amide bonds. The quantitative estimate of drug-likeness (QED) is 0.629. The van der Waals surface area contributed by atoms with Crippen LogP contribution < -0.4 is 15.0 Å². The summed E-state index contributed by atoms with van der Waals surface area (Å²) in [6.45, 7) is -0.994. The number of aryl methyl sites for hydroxylation is 1. The lowest BCUT2D eigenvalue weighted by atomic mass is 10.1. The number of carbonyl (C=O) groups excluding carboxylic acids is 1. The van der Waals surface area contributed by atoms with Crippen LogP contribution in [0.4, 0.5) is 20.6 Å². The number of aromatic nitrogens is 3. The number of nitriles is 1. The number of nitrogens with one attached hydrogen (secondary N) is 1. The number of ether oxygens (including phenoxy) is 2. The summed E-state index contributed by atoms with van der Waals surface area (Å²) in [5, 5.41) is 15.7. The van der Waals surface area contributed by atoms with E-state index in [4.69, 9.17) is 14.4 Å². The normalized spacial score (nSPS) is 14.1. The maximum absolute atomic E-state index is 12.8. The van der Waals surface area contributed by atoms with E-state index in [0.717, 1.165) is 0 Å². The molecule has 0 saturated carbocycles. The standard InChI is InChI=1S/C19H18F2N6O4/c1-26-17(12(9-22)10-23-26)24-14(28)8-11-2-3-13(30-18(20)21)15-16(11)31-19(25-15)27-4-6-29-7-5-27/h2-3,10,18H,4-8H2,1H3,(H,24,28). The minimum Gasteiger partial charge on any atom is -0.432 e. The third-order valence-corrected chi connectivity index (χ3v) is 4.74. The Balaban J connectivity index is 1.65. The van der Waals surface area contributed by atoms with Gasteiger partial charge in [-0.25, -0.2) is 0 Å². The molecule has 3 heterocycles. The highest BCUT2D eigenvalue weighted by Crippen LogP contribution is 2.33. The summed E-state index contributed by atoms with van der Waals surface area (Å²) in [6.07, 6.45) is 1.20. The van der Waals surface area contributed by atoms with Gasteiger partial charge >= 0.3 is 6.61 Å². The number of fused-ring (bicyclic) bond motifs is 1. The zero-order valence-corrected chi connectivity index (χ0v) is 16.5. The van der Waals surface area contributed by atoms with Gasteiger partial charge in [0.2, 0.25) is 5.91 Å². The molecule has 1 N–H and O–H groups in total. The monoisotopic (exact) mass is 432 g/mol. The number of benzene rings is 1. The molecule has 1 aromatic carbocycles. The first-order valence-corrected chi connectivity index (χ1v) is 9.38. The molecule has 0 atom stereocenters. The molecular weight excluding hydrogens is 414 g/mol. The molecule has 0 aliphatic carbocycles. The number of anilines is 2. The zero-order chi connectivity index (χ0) is 22.0. The van der Waals surface area contributed by atoms with Gasteiger partial charge < -0.3 is 24.1 Å². The Morgan fingerprint density at radius 3 is 2.87 bits per heavy atom. The lowest BCUT2D eigenvalue weighted by Gasteiger charge is -2.24. The Kier molecular flexibility index (Phi) is 5.68. The van der Waals surface area contributed by atoms with E-state index < -0.39 is 12.5 Å². The van der Waals surface area contributed by atoms with Gasteiger partial charge in [-0.05, 0) is 6.07 Å². The van der Waals surface area contributed by atoms with Gasteiger partial charge in [-0.1, -0.05) is 6.07 Å². The van der Waals surface area contributed by atoms with E-state index in [0.29, 0.717) is 31.9 Å². The molecule has 0 bridgehead atoms. The first kappa shape index (κ1) is 20.5. The van der Waals surface area contributed by atoms with Crippen molar-refractivity contribution < 1.29 is 27.5 Å². The second kappa shape index (κ2) is 8.57. The van der Waals surface area contributed by atoms with Crippen molar-refractivity contribution in [2.45, 2.75) is 13.0 Å². The van der Waals surface area contributed by atoms with Crippen molar-refractivity contribution in [2.75, 3.05) is 36.5 Å². The average molecular weight is 432 g/mol. The van der Waals surface area contributed by atoms with Gasteiger partial charge in [0, 0.05) is 25.7 Å². The van der Waals surface area contributed by atoms with E-state index in [9.17, 15) is 13.6 Å². The molecule has 1 saturated heterocycles. The fraction of sp³-hybridized carbons (Fsp3) is 0.368. The largest absolute Gasteiger partial charge is 0.432 e. The molecule has 1 aliphatic heterocycles. The Morgan fingerprint density at radius 2 is 2.16 bits per heavy atom. The number of nitrogens with zero attached hydrogens (tertiary/aromatic N) is 5. The van der Waals surface area contributed by atoms with Crippen LogP contribution in [0.15, 0.2) is 22.7 Å². The summed E-state index contributed by atoms with van der Waals surface area (Å²) in [4.78, 5) is 18.8. The number of morpholine rings is 1. The van der Waals surface area contributed by atoms with E-state index in [-0.39, 0.29) is 40.7 Å². The van der Waals surface area contributed by atoms with Crippen LogP contribution in [0, 0.1) is 11.3 Å². The molecule has 0 unspecified atom stereocenters. The second-order valence-electron chi connectivity index (χ2n) is 6.74. The summed E-state index contributed by atoms with van der Waals surface area (Å²) >= 11 is 0. The molecule has 12 heteroatoms. The lowest BCUT2D eigenvalue weighted by Crippen LogP contribution is -2.36. The fourth-order valence-electron chi connectivity index (χ4n) is 3.26. The van der Waals surface area contributed by atoms with Crippen molar-refractivity contribution in [3.63, 3.8) is 0 Å². The third kappa shape index (κ3) is 4.26. The lowest BCUT2D eigenvalue weighted by molar-refractivity contribution is -0.115. The summed E-state index contributed by atoms with van der Waals surface area (Å²) < 4.78 is 42.8. The van der Waals surface area contributed by atoms with Crippen LogP contribution in [0.1, 0.15) is 11.1 Å². The van der Waals surface area contributed by atoms with Crippen LogP contribution in [-0.2, 0) is 23.0 Å². The first-order chi connectivity index (χ1) is 15.0. The van der Waals surface area contributed by atoms with Crippen molar-refractivity contribution >= 4 is 28.8 Å². The Hall–Kier alpha value is -3.72. The maximum Gasteiger partial charge on any atom is 0.387 e. The van der Waals surface area contributed by atoms with Crippen LogP contribution in [0.2, 0.25) is 0 Å². The molecule has 0 spiro atoms. The fourth-order valence-corrected chi connectivity index (χ4v) is 3.26. The van der Waals surface area contributed by atoms with Gasteiger partial charge in [-0.3, -0.25) is 9.48 Å². The number of carbonyl (C=O) groups is 1. The van der Waals surface area contributed by atoms with Crippen LogP contribution >= 0.6 is 0 Å². The SMILES string of the molecule is Cn1ncc(C#N)c1NC(=O)Cc1ccc(OC(F)F)c2nc(N3CCOCC3)oc12. The third-order valence-electron chi connectivity index (χ3n) is 4.74. The molecule has 31 heavy (non-hydrogen) atoms. The van der Waals surface area contributed by atoms with Gasteiger partial charge in [-0.2, -0.15) is 24.1 Å². The zero-order valence-electron chi connectivity index (χ0n) is 16.5.